The van der Waals surface area contributed by atoms with Gasteiger partial charge in [0.25, 0.3) is 0 Å². The Bertz CT molecular complexity index is 854. The summed E-state index contributed by atoms with van der Waals surface area (Å²) >= 11 is 0. The molecule has 1 aromatic heterocycles. The van der Waals surface area contributed by atoms with Crippen molar-refractivity contribution >= 4 is 28.7 Å². The predicted octanol–water partition coefficient (Wildman–Crippen LogP) is 1.69. The summed E-state index contributed by atoms with van der Waals surface area (Å²) in [4.78, 5) is 35.7. The molecule has 2 N–H and O–H groups in total. The summed E-state index contributed by atoms with van der Waals surface area (Å²) in [6.45, 7) is 12.0. The van der Waals surface area contributed by atoms with Crippen LogP contribution in [-0.2, 0) is 9.59 Å². The number of carboxylic acid groups (broad SMARTS) is 2. The Labute approximate surface area is 164 Å². The van der Waals surface area contributed by atoms with E-state index in [0.29, 0.717) is 6.54 Å². The lowest BCUT2D eigenvalue weighted by molar-refractivity contribution is -0.159. The van der Waals surface area contributed by atoms with E-state index in [1.165, 1.54) is 10.9 Å². The van der Waals surface area contributed by atoms with Gasteiger partial charge >= 0.3 is 11.9 Å². The van der Waals surface area contributed by atoms with E-state index in [-0.39, 0.29) is 5.91 Å². The molecular formula is C20H27N3O5. The quantitative estimate of drug-likeness (QED) is 0.770. The lowest BCUT2D eigenvalue weighted by Crippen LogP contribution is -2.48. The van der Waals surface area contributed by atoms with Crippen LogP contribution >= 0.6 is 0 Å². The SMILES string of the molecule is CCN1CCN(CC(=O)n2c(C)c(C)c3ccccc32)CC1.O=C(O)C(=O)O. The van der Waals surface area contributed by atoms with Crippen LogP contribution in [0.1, 0.15) is 23.0 Å². The average Bonchev–Trinajstić information content (AvgIpc) is 2.94. The smallest absolute Gasteiger partial charge is 0.414 e. The Morgan fingerprint density at radius 3 is 2.00 bits per heavy atom. The van der Waals surface area contributed by atoms with E-state index in [1.54, 1.807) is 0 Å². The first-order valence-electron chi connectivity index (χ1n) is 9.27. The minimum atomic E-state index is -1.82. The largest absolute Gasteiger partial charge is 0.473 e. The number of aliphatic carboxylic acids is 2. The number of benzene rings is 1. The Kier molecular flexibility index (Phi) is 7.31. The van der Waals surface area contributed by atoms with Crippen molar-refractivity contribution in [3.05, 3.63) is 35.5 Å². The van der Waals surface area contributed by atoms with Gasteiger partial charge in [0.15, 0.2) is 0 Å². The number of fused-ring (bicyclic) bond motifs is 1. The summed E-state index contributed by atoms with van der Waals surface area (Å²) in [5.41, 5.74) is 3.31. The van der Waals surface area contributed by atoms with Crippen molar-refractivity contribution in [2.75, 3.05) is 39.3 Å². The van der Waals surface area contributed by atoms with Crippen LogP contribution in [0.25, 0.3) is 10.9 Å². The zero-order chi connectivity index (χ0) is 20.8. The summed E-state index contributed by atoms with van der Waals surface area (Å²) in [5, 5.41) is 16.0. The van der Waals surface area contributed by atoms with Crippen LogP contribution in [0, 0.1) is 13.8 Å². The fraction of sp³-hybridized carbons (Fsp3) is 0.450. The highest BCUT2D eigenvalue weighted by Crippen LogP contribution is 2.24. The molecule has 0 unspecified atom stereocenters. The lowest BCUT2D eigenvalue weighted by Gasteiger charge is -2.33. The molecule has 1 saturated heterocycles. The van der Waals surface area contributed by atoms with Crippen LogP contribution in [0.2, 0.25) is 0 Å². The molecule has 8 heteroatoms. The van der Waals surface area contributed by atoms with Gasteiger partial charge in [-0.05, 0) is 32.0 Å². The van der Waals surface area contributed by atoms with Crippen LogP contribution in [0.4, 0.5) is 0 Å². The molecule has 2 aromatic rings. The summed E-state index contributed by atoms with van der Waals surface area (Å²) in [6, 6.07) is 8.18. The number of aryl methyl sites for hydroxylation is 1. The monoisotopic (exact) mass is 389 g/mol. The van der Waals surface area contributed by atoms with Crippen LogP contribution < -0.4 is 0 Å². The van der Waals surface area contributed by atoms with E-state index in [2.05, 4.69) is 29.7 Å². The van der Waals surface area contributed by atoms with E-state index >= 15 is 0 Å². The van der Waals surface area contributed by atoms with E-state index in [0.717, 1.165) is 43.9 Å². The van der Waals surface area contributed by atoms with Gasteiger partial charge in [-0.3, -0.25) is 14.3 Å². The molecule has 1 aliphatic heterocycles. The Morgan fingerprint density at radius 2 is 1.46 bits per heavy atom. The molecule has 0 bridgehead atoms. The first-order valence-corrected chi connectivity index (χ1v) is 9.27. The molecule has 1 aromatic carbocycles. The maximum absolute atomic E-state index is 12.8. The van der Waals surface area contributed by atoms with Gasteiger partial charge in [-0.25, -0.2) is 9.59 Å². The minimum Gasteiger partial charge on any atom is -0.473 e. The number of carbonyl (C=O) groups is 3. The number of rotatable bonds is 3. The van der Waals surface area contributed by atoms with Crippen molar-refractivity contribution < 1.29 is 24.6 Å². The highest BCUT2D eigenvalue weighted by atomic mass is 16.4. The molecule has 1 fully saturated rings. The van der Waals surface area contributed by atoms with Crippen molar-refractivity contribution in [3.8, 4) is 0 Å². The van der Waals surface area contributed by atoms with Crippen molar-refractivity contribution in [2.45, 2.75) is 20.8 Å². The Balaban J connectivity index is 0.000000409. The molecular weight excluding hydrogens is 362 g/mol. The van der Waals surface area contributed by atoms with E-state index in [9.17, 15) is 4.79 Å². The molecule has 28 heavy (non-hydrogen) atoms. The maximum atomic E-state index is 12.8. The molecule has 0 atom stereocenters. The summed E-state index contributed by atoms with van der Waals surface area (Å²) in [5.74, 6) is -3.46. The van der Waals surface area contributed by atoms with Crippen LogP contribution in [0.3, 0.4) is 0 Å². The summed E-state index contributed by atoms with van der Waals surface area (Å²) < 4.78 is 1.90. The van der Waals surface area contributed by atoms with Crippen LogP contribution in [-0.4, -0.2) is 81.7 Å². The van der Waals surface area contributed by atoms with Crippen molar-refractivity contribution in [1.29, 1.82) is 0 Å². The Morgan fingerprint density at radius 1 is 0.929 bits per heavy atom. The first-order chi connectivity index (χ1) is 13.3. The van der Waals surface area contributed by atoms with Gasteiger partial charge in [-0.2, -0.15) is 0 Å². The molecule has 3 rings (SSSR count). The third-order valence-electron chi connectivity index (χ3n) is 5.13. The van der Waals surface area contributed by atoms with E-state index < -0.39 is 11.9 Å². The summed E-state index contributed by atoms with van der Waals surface area (Å²) in [7, 11) is 0. The molecule has 0 amide bonds. The molecule has 0 aliphatic carbocycles. The number of piperazine rings is 1. The third-order valence-corrected chi connectivity index (χ3v) is 5.13. The summed E-state index contributed by atoms with van der Waals surface area (Å²) in [6.07, 6.45) is 0. The lowest BCUT2D eigenvalue weighted by atomic mass is 10.2. The molecule has 2 heterocycles. The van der Waals surface area contributed by atoms with Crippen molar-refractivity contribution in [1.82, 2.24) is 14.4 Å². The van der Waals surface area contributed by atoms with Gasteiger partial charge in [0.1, 0.15) is 0 Å². The highest BCUT2D eigenvalue weighted by molar-refractivity contribution is 6.27. The minimum absolute atomic E-state index is 0.187. The maximum Gasteiger partial charge on any atom is 0.414 e. The number of carbonyl (C=O) groups excluding carboxylic acids is 1. The first kappa shape index (κ1) is 21.6. The van der Waals surface area contributed by atoms with Gasteiger partial charge in [-0.1, -0.05) is 25.1 Å². The molecule has 1 aliphatic rings. The predicted molar refractivity (Wildman–Crippen MR) is 106 cm³/mol. The molecule has 0 radical (unpaired) electrons. The average molecular weight is 389 g/mol. The second kappa shape index (κ2) is 9.48. The van der Waals surface area contributed by atoms with Gasteiger partial charge in [0.05, 0.1) is 12.1 Å². The number of nitrogens with zero attached hydrogens (tertiary/aromatic N) is 3. The number of hydrogen-bond donors (Lipinski definition) is 2. The zero-order valence-corrected chi connectivity index (χ0v) is 16.5. The van der Waals surface area contributed by atoms with Gasteiger partial charge < -0.3 is 15.1 Å². The van der Waals surface area contributed by atoms with E-state index in [1.807, 2.05) is 29.7 Å². The van der Waals surface area contributed by atoms with Crippen LogP contribution in [0.15, 0.2) is 24.3 Å². The Hall–Kier alpha value is -2.71. The molecule has 0 saturated carbocycles. The fourth-order valence-electron chi connectivity index (χ4n) is 3.38. The fourth-order valence-corrected chi connectivity index (χ4v) is 3.38. The third kappa shape index (κ3) is 4.96. The number of carboxylic acids is 2. The number of para-hydroxylation sites is 1. The van der Waals surface area contributed by atoms with Gasteiger partial charge in [0, 0.05) is 37.3 Å². The second-order valence-electron chi connectivity index (χ2n) is 6.78. The second-order valence-corrected chi connectivity index (χ2v) is 6.78. The molecule has 0 spiro atoms. The van der Waals surface area contributed by atoms with Gasteiger partial charge in [-0.15, -0.1) is 0 Å². The van der Waals surface area contributed by atoms with Crippen molar-refractivity contribution in [2.24, 2.45) is 0 Å². The number of hydrogen-bond acceptors (Lipinski definition) is 5. The normalized spacial score (nSPS) is 15.1. The molecule has 152 valence electrons. The van der Waals surface area contributed by atoms with Crippen molar-refractivity contribution in [3.63, 3.8) is 0 Å². The van der Waals surface area contributed by atoms with Crippen LogP contribution in [0.5, 0.6) is 0 Å². The van der Waals surface area contributed by atoms with E-state index in [4.69, 9.17) is 19.8 Å². The zero-order valence-electron chi connectivity index (χ0n) is 16.5. The highest BCUT2D eigenvalue weighted by Gasteiger charge is 2.21. The number of aromatic nitrogens is 1. The standard InChI is InChI=1S/C18H25N3O.C2H2O4/c1-4-19-9-11-20(12-10-19)13-18(22)21-15(3)14(2)16-7-5-6-8-17(16)21;3-1(4)2(5)6/h5-8H,4,9-13H2,1-3H3;(H,3,4)(H,5,6). The molecule has 8 nitrogen and oxygen atoms in total. The number of likely N-dealkylation sites (N-methyl/N-ethyl adjacent to an activating group) is 1. The van der Waals surface area contributed by atoms with Gasteiger partial charge in [0.2, 0.25) is 5.91 Å². The topological polar surface area (TPSA) is 103 Å².